The minimum atomic E-state index is -0.681. The highest BCUT2D eigenvalue weighted by Crippen LogP contribution is 2.55. The van der Waals surface area contributed by atoms with Gasteiger partial charge in [0.1, 0.15) is 23.7 Å². The quantitative estimate of drug-likeness (QED) is 0.106. The summed E-state index contributed by atoms with van der Waals surface area (Å²) in [5.74, 6) is 2.09. The first kappa shape index (κ1) is 43.8. The summed E-state index contributed by atoms with van der Waals surface area (Å²) < 4.78 is 9.72. The molecule has 0 spiro atoms. The van der Waals surface area contributed by atoms with Crippen molar-refractivity contribution in [2.45, 2.75) is 115 Å². The third kappa shape index (κ3) is 7.94. The number of likely N-dealkylation sites (tertiary alicyclic amines) is 2. The van der Waals surface area contributed by atoms with Crippen LogP contribution in [-0.2, 0) is 44.7 Å². The number of hydrogen-bond donors (Lipinski definition) is 4. The number of aromatic amines is 2. The van der Waals surface area contributed by atoms with Gasteiger partial charge in [-0.05, 0) is 144 Å². The number of amides is 4. The number of carbonyl (C=O) groups is 4. The molecule has 4 N–H and O–H groups in total. The molecule has 352 valence electrons. The zero-order valence-corrected chi connectivity index (χ0v) is 39.6. The first-order valence-corrected chi connectivity index (χ1v) is 24.4. The van der Waals surface area contributed by atoms with E-state index >= 15 is 0 Å². The molecule has 14 rings (SSSR count). The SMILES string of the molecule is COC(=O)N[C@H](C(=O)N1C(c2nc3ccc(-c4cc5ccc4CCc4ccc(c(-c6ccc7nc([C@@H]8C[C@H]9C[C@H]9N8C(=O)[C@@H](NC(=O)OC)C(C)C)[nH]c7c6)c4)CC5)cc3[nH]2)C[C@H]2C[C@H]21)C(C)C. The lowest BCUT2D eigenvalue weighted by Gasteiger charge is -2.31. The lowest BCUT2D eigenvalue weighted by molar-refractivity contribution is -0.137. The number of hydrogen-bond acceptors (Lipinski definition) is 8. The third-order valence-corrected chi connectivity index (χ3v) is 15.5. The Bertz CT molecular complexity index is 2790. The number of nitrogens with zero attached hydrogens (tertiary/aromatic N) is 4. The Morgan fingerprint density at radius 3 is 1.40 bits per heavy atom. The monoisotopic (exact) mass is 916 g/mol. The highest BCUT2D eigenvalue weighted by atomic mass is 16.5. The number of nitrogens with one attached hydrogen (secondary N) is 4. The van der Waals surface area contributed by atoms with Crippen molar-refractivity contribution in [3.05, 3.63) is 107 Å². The van der Waals surface area contributed by atoms with Gasteiger partial charge in [-0.2, -0.15) is 0 Å². The van der Waals surface area contributed by atoms with Gasteiger partial charge < -0.3 is 39.9 Å². The second-order valence-electron chi connectivity index (χ2n) is 20.5. The molecular formula is C54H60N8O6. The number of imidazole rings is 2. The summed E-state index contributed by atoms with van der Waals surface area (Å²) in [4.78, 5) is 73.8. The minimum Gasteiger partial charge on any atom is -0.453 e. The van der Waals surface area contributed by atoms with Gasteiger partial charge in [0.25, 0.3) is 0 Å². The fourth-order valence-electron chi connectivity index (χ4n) is 11.6. The van der Waals surface area contributed by atoms with Gasteiger partial charge in [0.2, 0.25) is 11.8 Å². The van der Waals surface area contributed by atoms with Gasteiger partial charge in [0, 0.05) is 12.1 Å². The molecule has 4 heterocycles. The van der Waals surface area contributed by atoms with E-state index < -0.39 is 24.3 Å². The first-order chi connectivity index (χ1) is 32.8. The number of alkyl carbamates (subject to hydrolysis) is 2. The fraction of sp³-hybridized carbons (Fsp3) is 0.444. The molecule has 2 aromatic heterocycles. The number of rotatable bonds is 10. The zero-order chi connectivity index (χ0) is 47.1. The third-order valence-electron chi connectivity index (χ3n) is 15.5. The Morgan fingerprint density at radius 1 is 0.574 bits per heavy atom. The van der Waals surface area contributed by atoms with Gasteiger partial charge in [-0.25, -0.2) is 19.6 Å². The minimum absolute atomic E-state index is 0.0859. The first-order valence-electron chi connectivity index (χ1n) is 24.4. The van der Waals surface area contributed by atoms with E-state index in [2.05, 4.69) is 93.4 Å². The molecule has 1 unspecified atom stereocenters. The van der Waals surface area contributed by atoms with Crippen LogP contribution in [0.2, 0.25) is 0 Å². The predicted molar refractivity (Wildman–Crippen MR) is 258 cm³/mol. The molecule has 6 aliphatic carbocycles. The molecule has 2 saturated heterocycles. The van der Waals surface area contributed by atoms with Gasteiger partial charge >= 0.3 is 12.2 Å². The normalized spacial score (nSPS) is 23.3. The van der Waals surface area contributed by atoms with Crippen molar-refractivity contribution in [2.75, 3.05) is 14.2 Å². The van der Waals surface area contributed by atoms with E-state index in [1.165, 1.54) is 47.6 Å². The standard InChI is InChI=1S/C54H60N8O6/c1-27(2)47(59-53(65)67-5)51(63)61-43-23-35(43)25-45(61)49-55-39-17-15-33(21-41(39)57-49)37-19-29-7-11-31(37)13-9-30-8-12-32(14-10-29)38(20-30)34-16-18-40-42(22-34)58-50(56-40)46-26-36-24-44(36)62(46)52(64)48(28(3)4)60-54(66)68-6/h7-8,11-12,15-22,27-28,35-36,43-48H,9-10,13-14,23-26H2,1-6H3,(H,55,57)(H,56,58)(H,59,65)(H,60,66)/t35-,36-,43-,44-,45+,46?,47+,48+/m1/s1. The zero-order valence-electron chi connectivity index (χ0n) is 39.6. The maximum atomic E-state index is 14.0. The molecule has 4 bridgehead atoms. The summed E-state index contributed by atoms with van der Waals surface area (Å²) in [7, 11) is 2.63. The van der Waals surface area contributed by atoms with Gasteiger partial charge in [0.15, 0.2) is 0 Å². The number of aryl methyl sites for hydroxylation is 4. The van der Waals surface area contributed by atoms with Crippen LogP contribution in [0, 0.1) is 23.7 Å². The number of aromatic nitrogens is 4. The molecule has 8 atom stereocenters. The number of methoxy groups -OCH3 is 2. The lowest BCUT2D eigenvalue weighted by Crippen LogP contribution is -2.52. The Kier molecular flexibility index (Phi) is 11.0. The van der Waals surface area contributed by atoms with Crippen LogP contribution < -0.4 is 10.6 Å². The van der Waals surface area contributed by atoms with Crippen molar-refractivity contribution in [3.63, 3.8) is 0 Å². The summed E-state index contributed by atoms with van der Waals surface area (Å²) >= 11 is 0. The largest absolute Gasteiger partial charge is 0.453 e. The van der Waals surface area contributed by atoms with E-state index in [-0.39, 0.29) is 47.8 Å². The summed E-state index contributed by atoms with van der Waals surface area (Å²) in [6, 6.07) is 25.4. The molecule has 4 fully saturated rings. The Morgan fingerprint density at radius 2 is 1.00 bits per heavy atom. The van der Waals surface area contributed by atoms with Gasteiger partial charge in [-0.15, -0.1) is 0 Å². The number of carbonyl (C=O) groups excluding carboxylic acids is 4. The van der Waals surface area contributed by atoms with Crippen molar-refractivity contribution in [3.8, 4) is 22.3 Å². The van der Waals surface area contributed by atoms with Crippen molar-refractivity contribution >= 4 is 46.1 Å². The van der Waals surface area contributed by atoms with Crippen LogP contribution in [0.5, 0.6) is 0 Å². The van der Waals surface area contributed by atoms with Crippen LogP contribution in [0.4, 0.5) is 9.59 Å². The highest BCUT2D eigenvalue weighted by Gasteiger charge is 2.57. The van der Waals surface area contributed by atoms with E-state index in [9.17, 15) is 19.2 Å². The van der Waals surface area contributed by atoms with E-state index in [1.807, 2.05) is 37.5 Å². The molecule has 4 amide bonds. The van der Waals surface area contributed by atoms with Crippen molar-refractivity contribution in [2.24, 2.45) is 23.7 Å². The highest BCUT2D eigenvalue weighted by molar-refractivity contribution is 5.89. The summed E-state index contributed by atoms with van der Waals surface area (Å²) in [6.07, 6.45) is 5.93. The Labute approximate surface area is 396 Å². The summed E-state index contributed by atoms with van der Waals surface area (Å²) in [5, 5.41) is 5.56. The molecular weight excluding hydrogens is 857 g/mol. The molecule has 2 saturated carbocycles. The van der Waals surface area contributed by atoms with Crippen LogP contribution in [0.1, 0.15) is 99.4 Å². The number of piperidine rings is 2. The molecule has 8 aliphatic rings. The molecule has 2 aliphatic heterocycles. The van der Waals surface area contributed by atoms with Gasteiger partial charge in [0.05, 0.1) is 48.4 Å². The maximum Gasteiger partial charge on any atom is 0.407 e. The molecule has 68 heavy (non-hydrogen) atoms. The molecule has 14 heteroatoms. The molecule has 6 aromatic rings. The van der Waals surface area contributed by atoms with E-state index in [4.69, 9.17) is 19.4 Å². The second-order valence-corrected chi connectivity index (χ2v) is 20.5. The maximum absolute atomic E-state index is 14.0. The Balaban J connectivity index is 0.831. The van der Waals surface area contributed by atoms with Gasteiger partial charge in [-0.1, -0.05) is 76.2 Å². The predicted octanol–water partition coefficient (Wildman–Crippen LogP) is 8.74. The van der Waals surface area contributed by atoms with Crippen molar-refractivity contribution in [1.29, 1.82) is 0 Å². The topological polar surface area (TPSA) is 175 Å². The number of fused-ring (bicyclic) bond motifs is 4. The summed E-state index contributed by atoms with van der Waals surface area (Å²) in [6.45, 7) is 7.76. The van der Waals surface area contributed by atoms with Crippen LogP contribution in [0.25, 0.3) is 44.3 Å². The summed E-state index contributed by atoms with van der Waals surface area (Å²) in [5.41, 5.74) is 13.4. The molecule has 0 radical (unpaired) electrons. The van der Waals surface area contributed by atoms with Crippen LogP contribution in [0.15, 0.2) is 72.8 Å². The number of ether oxygens (including phenoxy) is 2. The fourth-order valence-corrected chi connectivity index (χ4v) is 11.6. The van der Waals surface area contributed by atoms with Crippen molar-refractivity contribution < 1.29 is 28.7 Å². The van der Waals surface area contributed by atoms with Crippen LogP contribution >= 0.6 is 0 Å². The average molecular weight is 917 g/mol. The van der Waals surface area contributed by atoms with E-state index in [0.29, 0.717) is 11.8 Å². The van der Waals surface area contributed by atoms with Gasteiger partial charge in [-0.3, -0.25) is 9.59 Å². The van der Waals surface area contributed by atoms with Crippen molar-refractivity contribution in [1.82, 2.24) is 40.4 Å². The smallest absolute Gasteiger partial charge is 0.407 e. The Hall–Kier alpha value is -6.70. The molecule has 4 aromatic carbocycles. The van der Waals surface area contributed by atoms with Crippen LogP contribution in [0.3, 0.4) is 0 Å². The van der Waals surface area contributed by atoms with E-state index in [1.54, 1.807) is 0 Å². The van der Waals surface area contributed by atoms with E-state index in [0.717, 1.165) is 96.2 Å². The average Bonchev–Trinajstić information content (AvgIpc) is 3.99. The second kappa shape index (κ2) is 17.1. The van der Waals surface area contributed by atoms with Crippen LogP contribution in [-0.4, -0.2) is 92.1 Å². The number of H-pyrrole nitrogens is 2. The number of benzene rings is 4. The lowest BCUT2D eigenvalue weighted by atomic mass is 9.87. The molecule has 14 nitrogen and oxygen atoms in total.